The highest BCUT2D eigenvalue weighted by atomic mass is 19.3. The fourth-order valence-electron chi connectivity index (χ4n) is 2.85. The first-order valence-electron chi connectivity index (χ1n) is 7.02. The van der Waals surface area contributed by atoms with Gasteiger partial charge in [-0.15, -0.1) is 0 Å². The van der Waals surface area contributed by atoms with Crippen LogP contribution in [0.15, 0.2) is 18.2 Å². The molecular formula is C15H18F3NO2. The van der Waals surface area contributed by atoms with Crippen LogP contribution < -0.4 is 10.5 Å². The van der Waals surface area contributed by atoms with Crippen LogP contribution in [0.5, 0.6) is 5.75 Å². The Morgan fingerprint density at radius 3 is 2.43 bits per heavy atom. The monoisotopic (exact) mass is 301 g/mol. The maximum Gasteiger partial charge on any atom is 0.304 e. The quantitative estimate of drug-likeness (QED) is 0.900. The topological polar surface area (TPSA) is 52.3 Å². The molecular weight excluding hydrogens is 283 g/mol. The molecule has 21 heavy (non-hydrogen) atoms. The smallest absolute Gasteiger partial charge is 0.304 e. The van der Waals surface area contributed by atoms with E-state index in [9.17, 15) is 18.0 Å². The van der Waals surface area contributed by atoms with E-state index in [0.717, 1.165) is 32.1 Å². The Labute approximate surface area is 121 Å². The molecule has 1 aliphatic carbocycles. The van der Waals surface area contributed by atoms with E-state index in [1.54, 1.807) is 0 Å². The molecule has 0 heterocycles. The lowest BCUT2D eigenvalue weighted by Gasteiger charge is -2.26. The van der Waals surface area contributed by atoms with Crippen LogP contribution >= 0.6 is 0 Å². The SMILES string of the molecule is NC(=O)c1cccc(OC(F)C(F)F)c1C1CCCCC1. The molecule has 1 fully saturated rings. The van der Waals surface area contributed by atoms with Crippen LogP contribution in [0.1, 0.15) is 53.9 Å². The molecule has 2 rings (SSSR count). The van der Waals surface area contributed by atoms with Crippen LogP contribution in [-0.4, -0.2) is 18.7 Å². The van der Waals surface area contributed by atoms with Crippen LogP contribution in [0.3, 0.4) is 0 Å². The van der Waals surface area contributed by atoms with Gasteiger partial charge in [0.1, 0.15) is 5.75 Å². The summed E-state index contributed by atoms with van der Waals surface area (Å²) in [5, 5.41) is 0. The Balaban J connectivity index is 2.38. The normalized spacial score (nSPS) is 17.7. The molecule has 0 bridgehead atoms. The van der Waals surface area contributed by atoms with Gasteiger partial charge in [-0.3, -0.25) is 4.79 Å². The Hall–Kier alpha value is -1.72. The number of hydrogen-bond donors (Lipinski definition) is 1. The largest absolute Gasteiger partial charge is 0.454 e. The number of hydrogen-bond acceptors (Lipinski definition) is 2. The maximum atomic E-state index is 13.2. The van der Waals surface area contributed by atoms with E-state index in [2.05, 4.69) is 0 Å². The number of amides is 1. The second-order valence-electron chi connectivity index (χ2n) is 5.22. The first-order chi connectivity index (χ1) is 10.0. The molecule has 1 unspecified atom stereocenters. The molecule has 0 aromatic heterocycles. The zero-order valence-electron chi connectivity index (χ0n) is 11.5. The van der Waals surface area contributed by atoms with Gasteiger partial charge in [0.05, 0.1) is 0 Å². The molecule has 1 saturated carbocycles. The maximum absolute atomic E-state index is 13.2. The van der Waals surface area contributed by atoms with Gasteiger partial charge < -0.3 is 10.5 Å². The average molecular weight is 301 g/mol. The molecule has 2 N–H and O–H groups in total. The number of benzene rings is 1. The fraction of sp³-hybridized carbons (Fsp3) is 0.533. The van der Waals surface area contributed by atoms with E-state index in [1.165, 1.54) is 18.2 Å². The Morgan fingerprint density at radius 2 is 1.86 bits per heavy atom. The molecule has 1 aromatic carbocycles. The van der Waals surface area contributed by atoms with Crippen LogP contribution in [0, 0.1) is 0 Å². The number of alkyl halides is 3. The van der Waals surface area contributed by atoms with Crippen molar-refractivity contribution in [3.63, 3.8) is 0 Å². The third kappa shape index (κ3) is 3.68. The summed E-state index contributed by atoms with van der Waals surface area (Å²) in [4.78, 5) is 11.6. The van der Waals surface area contributed by atoms with Gasteiger partial charge in [0, 0.05) is 11.1 Å². The van der Waals surface area contributed by atoms with Crippen LogP contribution in [-0.2, 0) is 0 Å². The van der Waals surface area contributed by atoms with Crippen molar-refractivity contribution in [1.82, 2.24) is 0 Å². The Morgan fingerprint density at radius 1 is 1.19 bits per heavy atom. The highest BCUT2D eigenvalue weighted by Gasteiger charge is 2.28. The highest BCUT2D eigenvalue weighted by molar-refractivity contribution is 5.95. The summed E-state index contributed by atoms with van der Waals surface area (Å²) in [5.41, 5.74) is 6.03. The van der Waals surface area contributed by atoms with Gasteiger partial charge in [0.15, 0.2) is 0 Å². The Kier molecular flexibility index (Phi) is 5.09. The van der Waals surface area contributed by atoms with E-state index in [4.69, 9.17) is 10.5 Å². The standard InChI is InChI=1S/C15H18F3NO2/c16-13(17)14(18)21-11-8-4-7-10(15(19)20)12(11)9-5-2-1-3-6-9/h4,7-9,13-14H,1-3,5-6H2,(H2,19,20). The van der Waals surface area contributed by atoms with Crippen molar-refractivity contribution in [2.75, 3.05) is 0 Å². The second-order valence-corrected chi connectivity index (χ2v) is 5.22. The second kappa shape index (κ2) is 6.83. The summed E-state index contributed by atoms with van der Waals surface area (Å²) in [6.45, 7) is 0. The number of halogens is 3. The molecule has 3 nitrogen and oxygen atoms in total. The number of rotatable bonds is 5. The molecule has 0 radical (unpaired) electrons. The molecule has 1 aromatic rings. The predicted molar refractivity (Wildman–Crippen MR) is 72.3 cm³/mol. The van der Waals surface area contributed by atoms with E-state index in [-0.39, 0.29) is 17.2 Å². The molecule has 6 heteroatoms. The van der Waals surface area contributed by atoms with Crippen LogP contribution in [0.2, 0.25) is 0 Å². The van der Waals surface area contributed by atoms with Crippen molar-refractivity contribution in [2.24, 2.45) is 5.73 Å². The van der Waals surface area contributed by atoms with Gasteiger partial charge in [-0.2, -0.15) is 4.39 Å². The molecule has 116 valence electrons. The molecule has 1 atom stereocenters. The first kappa shape index (κ1) is 15.7. The average Bonchev–Trinajstić information content (AvgIpc) is 2.47. The van der Waals surface area contributed by atoms with Crippen LogP contribution in [0.25, 0.3) is 0 Å². The van der Waals surface area contributed by atoms with Gasteiger partial charge in [-0.05, 0) is 30.9 Å². The van der Waals surface area contributed by atoms with Crippen molar-refractivity contribution < 1.29 is 22.7 Å². The van der Waals surface area contributed by atoms with Gasteiger partial charge >= 0.3 is 6.43 Å². The number of primary amides is 1. The molecule has 0 aliphatic heterocycles. The van der Waals surface area contributed by atoms with E-state index in [0.29, 0.717) is 5.56 Å². The lowest BCUT2D eigenvalue weighted by molar-refractivity contribution is -0.0675. The zero-order chi connectivity index (χ0) is 15.4. The summed E-state index contributed by atoms with van der Waals surface area (Å²) < 4.78 is 42.6. The molecule has 0 spiro atoms. The number of carbonyl (C=O) groups excluding carboxylic acids is 1. The van der Waals surface area contributed by atoms with Gasteiger partial charge in [-0.25, -0.2) is 8.78 Å². The number of carbonyl (C=O) groups is 1. The summed E-state index contributed by atoms with van der Waals surface area (Å²) in [7, 11) is 0. The lowest BCUT2D eigenvalue weighted by atomic mass is 9.81. The highest BCUT2D eigenvalue weighted by Crippen LogP contribution is 2.40. The number of ether oxygens (including phenoxy) is 1. The molecule has 1 aliphatic rings. The minimum atomic E-state index is -3.23. The molecule has 0 saturated heterocycles. The first-order valence-corrected chi connectivity index (χ1v) is 7.02. The van der Waals surface area contributed by atoms with E-state index in [1.807, 2.05) is 0 Å². The van der Waals surface area contributed by atoms with E-state index >= 15 is 0 Å². The van der Waals surface area contributed by atoms with Gasteiger partial charge in [-0.1, -0.05) is 25.3 Å². The van der Waals surface area contributed by atoms with Crippen molar-refractivity contribution in [3.05, 3.63) is 29.3 Å². The summed E-state index contributed by atoms with van der Waals surface area (Å²) in [6.07, 6.45) is -1.28. The van der Waals surface area contributed by atoms with Crippen molar-refractivity contribution >= 4 is 5.91 Å². The fourth-order valence-corrected chi connectivity index (χ4v) is 2.85. The van der Waals surface area contributed by atoms with Crippen molar-refractivity contribution in [3.8, 4) is 5.75 Å². The lowest BCUT2D eigenvalue weighted by Crippen LogP contribution is -2.23. The summed E-state index contributed by atoms with van der Waals surface area (Å²) >= 11 is 0. The van der Waals surface area contributed by atoms with Crippen molar-refractivity contribution in [2.45, 2.75) is 50.8 Å². The van der Waals surface area contributed by atoms with Crippen LogP contribution in [0.4, 0.5) is 13.2 Å². The van der Waals surface area contributed by atoms with Gasteiger partial charge in [0.25, 0.3) is 6.36 Å². The third-order valence-corrected chi connectivity index (χ3v) is 3.78. The van der Waals surface area contributed by atoms with Crippen molar-refractivity contribution in [1.29, 1.82) is 0 Å². The third-order valence-electron chi connectivity index (χ3n) is 3.78. The number of nitrogens with two attached hydrogens (primary N) is 1. The van der Waals surface area contributed by atoms with Gasteiger partial charge in [0.2, 0.25) is 5.91 Å². The van der Waals surface area contributed by atoms with E-state index < -0.39 is 18.7 Å². The minimum Gasteiger partial charge on any atom is -0.454 e. The minimum absolute atomic E-state index is 0.00833. The summed E-state index contributed by atoms with van der Waals surface area (Å²) in [5.74, 6) is -0.679. The summed E-state index contributed by atoms with van der Waals surface area (Å²) in [6, 6.07) is 4.39. The molecule has 1 amide bonds. The Bertz CT molecular complexity index is 502. The predicted octanol–water partition coefficient (Wildman–Crippen LogP) is 3.77. The zero-order valence-corrected chi connectivity index (χ0v) is 11.5.